The van der Waals surface area contributed by atoms with Crippen LogP contribution in [0.15, 0.2) is 25.3 Å². The topological polar surface area (TPSA) is 102 Å². The summed E-state index contributed by atoms with van der Waals surface area (Å²) in [6.45, 7) is 7.10. The second kappa shape index (κ2) is 16.0. The van der Waals surface area contributed by atoms with Crippen molar-refractivity contribution < 1.29 is 34.0 Å². The molecule has 0 radical (unpaired) electrons. The van der Waals surface area contributed by atoms with E-state index < -0.39 is 12.3 Å². The van der Waals surface area contributed by atoms with Crippen molar-refractivity contribution in [3.8, 4) is 0 Å². The Bertz CT molecular complexity index is 237. The van der Waals surface area contributed by atoms with Gasteiger partial charge in [0.15, 0.2) is 0 Å². The Labute approximate surface area is 112 Å². The number of hydrogen-bond donors (Lipinski definition) is 2. The second-order valence-corrected chi connectivity index (χ2v) is 3.00. The minimum Gasteiger partial charge on any atom is -0.450 e. The maximum Gasteiger partial charge on any atom is 0.505 e. The molecule has 0 rings (SSSR count). The Hall–Kier alpha value is -2.02. The minimum atomic E-state index is -1.37. The molecule has 0 saturated carbocycles. The lowest BCUT2D eigenvalue weighted by Gasteiger charge is -2.02. The lowest BCUT2D eigenvalue weighted by atomic mass is 10.3. The van der Waals surface area contributed by atoms with E-state index in [1.165, 1.54) is 0 Å². The fourth-order valence-corrected chi connectivity index (χ4v) is 0.714. The summed E-state index contributed by atoms with van der Waals surface area (Å²) in [6, 6.07) is 0. The molecule has 0 heterocycles. The molecule has 7 heteroatoms. The molecule has 0 aromatic carbocycles. The molecular formula is C12H20O7. The molecule has 0 fully saturated rings. The number of carboxylic acid groups (broad SMARTS) is 2. The lowest BCUT2D eigenvalue weighted by Crippen LogP contribution is -2.12. The van der Waals surface area contributed by atoms with Crippen LogP contribution < -0.4 is 0 Å². The smallest absolute Gasteiger partial charge is 0.450 e. The van der Waals surface area contributed by atoms with Crippen molar-refractivity contribution >= 4 is 12.3 Å². The van der Waals surface area contributed by atoms with Gasteiger partial charge in [-0.25, -0.2) is 9.59 Å². The van der Waals surface area contributed by atoms with Gasteiger partial charge in [0, 0.05) is 0 Å². The molecule has 0 spiro atoms. The maximum atomic E-state index is 9.80. The first-order valence-electron chi connectivity index (χ1n) is 5.55. The molecule has 0 aliphatic rings. The third kappa shape index (κ3) is 25.9. The average Bonchev–Trinajstić information content (AvgIpc) is 2.35. The van der Waals surface area contributed by atoms with Gasteiger partial charge in [0.1, 0.15) is 13.2 Å². The maximum absolute atomic E-state index is 9.80. The summed E-state index contributed by atoms with van der Waals surface area (Å²) in [5, 5.41) is 16.0. The van der Waals surface area contributed by atoms with Crippen LogP contribution in [0.3, 0.4) is 0 Å². The zero-order valence-corrected chi connectivity index (χ0v) is 10.7. The molecule has 0 aliphatic carbocycles. The second-order valence-electron chi connectivity index (χ2n) is 3.00. The zero-order valence-electron chi connectivity index (χ0n) is 10.7. The van der Waals surface area contributed by atoms with E-state index in [9.17, 15) is 9.59 Å². The number of allylic oxidation sites excluding steroid dienone is 2. The first-order valence-corrected chi connectivity index (χ1v) is 5.55. The average molecular weight is 276 g/mol. The van der Waals surface area contributed by atoms with E-state index in [1.807, 2.05) is 12.2 Å². The van der Waals surface area contributed by atoms with Crippen molar-refractivity contribution in [2.45, 2.75) is 12.8 Å². The molecule has 2 N–H and O–H groups in total. The van der Waals surface area contributed by atoms with E-state index in [-0.39, 0.29) is 26.4 Å². The summed E-state index contributed by atoms with van der Waals surface area (Å²) in [5.74, 6) is 0. The highest BCUT2D eigenvalue weighted by Gasteiger charge is 1.97. The van der Waals surface area contributed by atoms with Crippen LogP contribution in [-0.2, 0) is 14.2 Å². The summed E-state index contributed by atoms with van der Waals surface area (Å²) in [5.41, 5.74) is 0. The van der Waals surface area contributed by atoms with E-state index in [2.05, 4.69) is 22.6 Å². The molecule has 0 bridgehead atoms. The monoisotopic (exact) mass is 276 g/mol. The van der Waals surface area contributed by atoms with E-state index >= 15 is 0 Å². The molecule has 7 nitrogen and oxygen atoms in total. The van der Waals surface area contributed by atoms with Gasteiger partial charge in [-0.15, -0.1) is 13.2 Å². The highest BCUT2D eigenvalue weighted by molar-refractivity contribution is 5.56. The van der Waals surface area contributed by atoms with Gasteiger partial charge < -0.3 is 24.4 Å². The summed E-state index contributed by atoms with van der Waals surface area (Å²) in [7, 11) is 0. The fraction of sp³-hybridized carbons (Fsp3) is 0.500. The van der Waals surface area contributed by atoms with Gasteiger partial charge in [0.05, 0.1) is 13.2 Å². The highest BCUT2D eigenvalue weighted by Crippen LogP contribution is 1.86. The summed E-state index contributed by atoms with van der Waals surface area (Å²) in [4.78, 5) is 19.6. The third-order valence-corrected chi connectivity index (χ3v) is 1.48. The van der Waals surface area contributed by atoms with E-state index in [0.717, 1.165) is 12.8 Å². The predicted molar refractivity (Wildman–Crippen MR) is 68.4 cm³/mol. The molecule has 19 heavy (non-hydrogen) atoms. The van der Waals surface area contributed by atoms with Crippen molar-refractivity contribution in [2.75, 3.05) is 26.4 Å². The van der Waals surface area contributed by atoms with Crippen LogP contribution >= 0.6 is 0 Å². The van der Waals surface area contributed by atoms with E-state index in [4.69, 9.17) is 14.9 Å². The summed E-state index contributed by atoms with van der Waals surface area (Å²) >= 11 is 0. The number of carbonyl (C=O) groups is 2. The van der Waals surface area contributed by atoms with Crippen molar-refractivity contribution in [2.24, 2.45) is 0 Å². The Balaban J connectivity index is 0. The van der Waals surface area contributed by atoms with Gasteiger partial charge in [0.2, 0.25) is 0 Å². The van der Waals surface area contributed by atoms with E-state index in [0.29, 0.717) is 0 Å². The normalized spacial score (nSPS) is 8.63. The summed E-state index contributed by atoms with van der Waals surface area (Å²) < 4.78 is 13.0. The lowest BCUT2D eigenvalue weighted by molar-refractivity contribution is 0.0230. The Morgan fingerprint density at radius 1 is 0.842 bits per heavy atom. The van der Waals surface area contributed by atoms with Crippen LogP contribution in [0.4, 0.5) is 9.59 Å². The molecule has 0 atom stereocenters. The first-order chi connectivity index (χ1) is 9.04. The molecule has 0 amide bonds. The molecule has 0 aromatic heterocycles. The molecule has 110 valence electrons. The van der Waals surface area contributed by atoms with Crippen LogP contribution in [0.25, 0.3) is 0 Å². The summed E-state index contributed by atoms with van der Waals surface area (Å²) in [6.07, 6.45) is 3.16. The number of ether oxygens (including phenoxy) is 3. The van der Waals surface area contributed by atoms with Crippen molar-refractivity contribution in [3.05, 3.63) is 25.3 Å². The van der Waals surface area contributed by atoms with Crippen molar-refractivity contribution in [3.63, 3.8) is 0 Å². The van der Waals surface area contributed by atoms with Gasteiger partial charge >= 0.3 is 12.3 Å². The molecule has 0 saturated heterocycles. The van der Waals surface area contributed by atoms with Gasteiger partial charge in [-0.05, 0) is 12.8 Å². The number of rotatable bonds is 9. The van der Waals surface area contributed by atoms with Gasteiger partial charge in [-0.3, -0.25) is 0 Å². The number of hydrogen-bond acceptors (Lipinski definition) is 5. The predicted octanol–water partition coefficient (Wildman–Crippen LogP) is 2.53. The fourth-order valence-electron chi connectivity index (χ4n) is 0.714. The molecular weight excluding hydrogens is 256 g/mol. The Morgan fingerprint density at radius 2 is 1.21 bits per heavy atom. The van der Waals surface area contributed by atoms with E-state index in [1.54, 1.807) is 0 Å². The quantitative estimate of drug-likeness (QED) is 0.379. The highest BCUT2D eigenvalue weighted by atomic mass is 16.7. The van der Waals surface area contributed by atoms with Crippen LogP contribution in [0.1, 0.15) is 12.8 Å². The van der Waals surface area contributed by atoms with Crippen molar-refractivity contribution in [1.29, 1.82) is 0 Å². The molecule has 0 unspecified atom stereocenters. The van der Waals surface area contributed by atoms with Gasteiger partial charge in [0.25, 0.3) is 0 Å². The SMILES string of the molecule is C=CCCC=C.O=C(O)OCCOCCOC(=O)O. The largest absolute Gasteiger partial charge is 0.505 e. The molecule has 0 aliphatic heterocycles. The zero-order chi connectivity index (χ0) is 14.9. The van der Waals surface area contributed by atoms with Crippen molar-refractivity contribution in [1.82, 2.24) is 0 Å². The Morgan fingerprint density at radius 3 is 1.47 bits per heavy atom. The van der Waals surface area contributed by atoms with Gasteiger partial charge in [-0.1, -0.05) is 12.2 Å². The number of unbranched alkanes of at least 4 members (excludes halogenated alkanes) is 1. The Kier molecular flexibility index (Phi) is 16.3. The third-order valence-electron chi connectivity index (χ3n) is 1.48. The van der Waals surface area contributed by atoms with Gasteiger partial charge in [-0.2, -0.15) is 0 Å². The van der Waals surface area contributed by atoms with Crippen LogP contribution in [0.2, 0.25) is 0 Å². The van der Waals surface area contributed by atoms with Crippen LogP contribution in [0.5, 0.6) is 0 Å². The van der Waals surface area contributed by atoms with Crippen LogP contribution in [-0.4, -0.2) is 49.0 Å². The standard InChI is InChI=1S/C6H10O7.C6H10/c7-5(8)12-3-1-11-2-4-13-6(9)10;1-3-5-6-4-2/h1-4H2,(H,7,8)(H,9,10);3-4H,1-2,5-6H2. The van der Waals surface area contributed by atoms with Crippen LogP contribution in [0, 0.1) is 0 Å². The first kappa shape index (κ1) is 19.3. The molecule has 0 aromatic rings. The minimum absolute atomic E-state index is 0.0786.